The van der Waals surface area contributed by atoms with E-state index >= 15 is 0 Å². The van der Waals surface area contributed by atoms with Crippen LogP contribution in [0.25, 0.3) is 0 Å². The second-order valence-corrected chi connectivity index (χ2v) is 13.8. The predicted octanol–water partition coefficient (Wildman–Crippen LogP) is 4.84. The molecule has 0 atom stereocenters. The molecule has 29 heavy (non-hydrogen) atoms. The first-order chi connectivity index (χ1) is 13.4. The van der Waals surface area contributed by atoms with Gasteiger partial charge in [-0.3, -0.25) is 9.59 Å². The Morgan fingerprint density at radius 3 is 1.93 bits per heavy atom. The maximum absolute atomic E-state index is 12.7. The maximum atomic E-state index is 12.7. The summed E-state index contributed by atoms with van der Waals surface area (Å²) in [5.41, 5.74) is 0.558. The van der Waals surface area contributed by atoms with Gasteiger partial charge in [0, 0.05) is 0 Å². The summed E-state index contributed by atoms with van der Waals surface area (Å²) in [6.07, 6.45) is 4.08. The van der Waals surface area contributed by atoms with Gasteiger partial charge in [-0.05, 0) is 43.5 Å². The topological polar surface area (TPSA) is 61.8 Å². The Balaban J connectivity index is 3.03. The number of rotatable bonds is 9. The van der Waals surface area contributed by atoms with Crippen molar-refractivity contribution in [2.24, 2.45) is 5.41 Å². The van der Waals surface area contributed by atoms with Crippen molar-refractivity contribution in [2.75, 3.05) is 20.8 Å². The first-order valence-electron chi connectivity index (χ1n) is 9.91. The average Bonchev–Trinajstić information content (AvgIpc) is 2.66. The van der Waals surface area contributed by atoms with Crippen molar-refractivity contribution in [1.82, 2.24) is 0 Å². The van der Waals surface area contributed by atoms with Crippen molar-refractivity contribution in [3.8, 4) is 0 Å². The molecule has 1 rings (SSSR count). The Kier molecular flexibility index (Phi) is 8.84. The van der Waals surface area contributed by atoms with E-state index in [1.54, 1.807) is 0 Å². The molecule has 0 aliphatic carbocycles. The van der Waals surface area contributed by atoms with Gasteiger partial charge in [-0.15, -0.1) is 0 Å². The lowest BCUT2D eigenvalue weighted by molar-refractivity contribution is -0.168. The van der Waals surface area contributed by atoms with E-state index in [-0.39, 0.29) is 17.9 Å². The van der Waals surface area contributed by atoms with Crippen LogP contribution in [0.4, 0.5) is 0 Å². The van der Waals surface area contributed by atoms with Gasteiger partial charge in [0.2, 0.25) is 0 Å². The first-order valence-corrected chi connectivity index (χ1v) is 12.8. The largest absolute Gasteiger partial charge is 0.468 e. The normalized spacial score (nSPS) is 12.8. The molecule has 0 saturated heterocycles. The van der Waals surface area contributed by atoms with Crippen molar-refractivity contribution in [3.63, 3.8) is 0 Å². The van der Waals surface area contributed by atoms with E-state index in [1.165, 1.54) is 14.2 Å². The van der Waals surface area contributed by atoms with Gasteiger partial charge in [0.05, 0.1) is 20.8 Å². The number of aryl methyl sites for hydroxylation is 1. The van der Waals surface area contributed by atoms with Crippen LogP contribution in [0, 0.1) is 12.3 Å². The number of hydrogen-bond donors (Lipinski definition) is 0. The van der Waals surface area contributed by atoms with Crippen LogP contribution in [-0.2, 0) is 29.9 Å². The molecule has 0 saturated carbocycles. The molecule has 162 valence electrons. The highest BCUT2D eigenvalue weighted by molar-refractivity contribution is 6.74. The zero-order valence-corrected chi connectivity index (χ0v) is 20.1. The lowest BCUT2D eigenvalue weighted by Crippen LogP contribution is -2.43. The molecule has 0 spiro atoms. The molecule has 0 heterocycles. The SMILES string of the molecule is COC(=O)C(C/C=C/CO[Si](C)(C)C(C)(C)C)(Cc1ccc(C)cc1)C(=O)OC. The highest BCUT2D eigenvalue weighted by Crippen LogP contribution is 2.36. The van der Waals surface area contributed by atoms with E-state index in [0.717, 1.165) is 11.1 Å². The van der Waals surface area contributed by atoms with Crippen LogP contribution in [0.1, 0.15) is 38.3 Å². The van der Waals surface area contributed by atoms with Gasteiger partial charge in [0.15, 0.2) is 13.7 Å². The molecule has 5 nitrogen and oxygen atoms in total. The monoisotopic (exact) mass is 420 g/mol. The molecule has 6 heteroatoms. The first kappa shape index (κ1) is 25.1. The zero-order valence-electron chi connectivity index (χ0n) is 19.1. The van der Waals surface area contributed by atoms with Gasteiger partial charge in [0.1, 0.15) is 0 Å². The second kappa shape index (κ2) is 10.2. The molecule has 0 fully saturated rings. The number of hydrogen-bond acceptors (Lipinski definition) is 5. The minimum atomic E-state index is -1.86. The fourth-order valence-electron chi connectivity index (χ4n) is 2.74. The Morgan fingerprint density at radius 2 is 1.48 bits per heavy atom. The molecule has 0 aliphatic rings. The number of benzene rings is 1. The molecule has 1 aromatic rings. The molecular formula is C23H36O5Si. The number of carbonyl (C=O) groups is 2. The minimum Gasteiger partial charge on any atom is -0.468 e. The summed E-state index contributed by atoms with van der Waals surface area (Å²) in [7, 11) is 0.723. The van der Waals surface area contributed by atoms with Gasteiger partial charge in [0.25, 0.3) is 0 Å². The number of ether oxygens (including phenoxy) is 2. The summed E-state index contributed by atoms with van der Waals surface area (Å²) < 4.78 is 16.1. The van der Waals surface area contributed by atoms with Crippen molar-refractivity contribution < 1.29 is 23.5 Å². The molecule has 0 unspecified atom stereocenters. The lowest BCUT2D eigenvalue weighted by atomic mass is 9.78. The van der Waals surface area contributed by atoms with Crippen LogP contribution in [0.3, 0.4) is 0 Å². The highest BCUT2D eigenvalue weighted by Gasteiger charge is 2.47. The quantitative estimate of drug-likeness (QED) is 0.248. The van der Waals surface area contributed by atoms with Gasteiger partial charge < -0.3 is 13.9 Å². The second-order valence-electron chi connectivity index (χ2n) is 8.97. The van der Waals surface area contributed by atoms with Crippen LogP contribution < -0.4 is 0 Å². The summed E-state index contributed by atoms with van der Waals surface area (Å²) >= 11 is 0. The number of allylic oxidation sites excluding steroid dienone is 1. The minimum absolute atomic E-state index is 0.119. The molecule has 0 N–H and O–H groups in total. The van der Waals surface area contributed by atoms with E-state index < -0.39 is 25.7 Å². The van der Waals surface area contributed by atoms with E-state index in [2.05, 4.69) is 33.9 Å². The summed E-state index contributed by atoms with van der Waals surface area (Å²) in [4.78, 5) is 25.4. The Hall–Kier alpha value is -1.92. The van der Waals surface area contributed by atoms with E-state index in [9.17, 15) is 9.59 Å². The van der Waals surface area contributed by atoms with Crippen molar-refractivity contribution in [3.05, 3.63) is 47.5 Å². The van der Waals surface area contributed by atoms with Crippen LogP contribution >= 0.6 is 0 Å². The summed E-state index contributed by atoms with van der Waals surface area (Å²) in [6, 6.07) is 7.75. The van der Waals surface area contributed by atoms with Crippen LogP contribution in [0.2, 0.25) is 18.1 Å². The fourth-order valence-corrected chi connectivity index (χ4v) is 3.68. The Morgan fingerprint density at radius 1 is 0.966 bits per heavy atom. The molecule has 0 radical (unpaired) electrons. The van der Waals surface area contributed by atoms with Gasteiger partial charge in [-0.25, -0.2) is 0 Å². The Labute approximate surface area is 176 Å². The van der Waals surface area contributed by atoms with E-state index in [1.807, 2.05) is 43.3 Å². The molecule has 0 aliphatic heterocycles. The van der Waals surface area contributed by atoms with Crippen LogP contribution in [0.5, 0.6) is 0 Å². The summed E-state index contributed by atoms with van der Waals surface area (Å²) in [6.45, 7) is 13.4. The van der Waals surface area contributed by atoms with Crippen LogP contribution in [-0.4, -0.2) is 41.1 Å². The van der Waals surface area contributed by atoms with E-state index in [0.29, 0.717) is 6.61 Å². The third kappa shape index (κ3) is 6.54. The summed E-state index contributed by atoms with van der Waals surface area (Å²) in [5.74, 6) is -1.19. The van der Waals surface area contributed by atoms with Crippen molar-refractivity contribution in [1.29, 1.82) is 0 Å². The molecule has 0 bridgehead atoms. The van der Waals surface area contributed by atoms with Crippen LogP contribution in [0.15, 0.2) is 36.4 Å². The summed E-state index contributed by atoms with van der Waals surface area (Å²) in [5, 5.41) is 0.119. The number of esters is 2. The third-order valence-electron chi connectivity index (χ3n) is 5.76. The standard InChI is InChI=1S/C23H36O5Si/c1-18-11-13-19(14-12-18)17-23(20(24)26-5,21(25)27-6)15-9-10-16-28-29(7,8)22(2,3)4/h9-14H,15-17H2,1-8H3/b10-9+. The highest BCUT2D eigenvalue weighted by atomic mass is 28.4. The smallest absolute Gasteiger partial charge is 0.323 e. The van der Waals surface area contributed by atoms with Crippen molar-refractivity contribution >= 4 is 20.3 Å². The molecule has 0 amide bonds. The molecular weight excluding hydrogens is 384 g/mol. The average molecular weight is 421 g/mol. The van der Waals surface area contributed by atoms with Gasteiger partial charge >= 0.3 is 11.9 Å². The maximum Gasteiger partial charge on any atom is 0.323 e. The number of methoxy groups -OCH3 is 2. The third-order valence-corrected chi connectivity index (χ3v) is 10.3. The molecule has 0 aromatic heterocycles. The number of carbonyl (C=O) groups excluding carboxylic acids is 2. The van der Waals surface area contributed by atoms with Gasteiger partial charge in [-0.2, -0.15) is 0 Å². The van der Waals surface area contributed by atoms with Crippen molar-refractivity contribution in [2.45, 2.75) is 58.7 Å². The zero-order chi connectivity index (χ0) is 22.3. The predicted molar refractivity (Wildman–Crippen MR) is 118 cm³/mol. The van der Waals surface area contributed by atoms with Gasteiger partial charge in [-0.1, -0.05) is 62.8 Å². The Bertz CT molecular complexity index is 698. The lowest BCUT2D eigenvalue weighted by Gasteiger charge is -2.35. The molecule has 1 aromatic carbocycles. The fraction of sp³-hybridized carbons (Fsp3) is 0.565. The van der Waals surface area contributed by atoms with E-state index in [4.69, 9.17) is 13.9 Å².